The van der Waals surface area contributed by atoms with Gasteiger partial charge in [0.15, 0.2) is 0 Å². The Morgan fingerprint density at radius 2 is 1.38 bits per heavy atom. The fourth-order valence-electron chi connectivity index (χ4n) is 1.33. The Hall–Kier alpha value is -0.520. The molecule has 0 aromatic rings. The summed E-state index contributed by atoms with van der Waals surface area (Å²) in [5, 5.41) is 0. The van der Waals surface area contributed by atoms with E-state index in [2.05, 4.69) is 38.2 Å². The van der Waals surface area contributed by atoms with Gasteiger partial charge >= 0.3 is 0 Å². The monoisotopic (exact) mass is 180 g/mol. The largest absolute Gasteiger partial charge is 0.0917 e. The first-order chi connectivity index (χ1) is 6.41. The molecule has 0 rings (SSSR count). The molecule has 0 spiro atoms. The lowest BCUT2D eigenvalue weighted by molar-refractivity contribution is 0.652. The lowest BCUT2D eigenvalue weighted by Crippen LogP contribution is -1.76. The zero-order valence-corrected chi connectivity index (χ0v) is 9.26. The second-order valence-corrected chi connectivity index (χ2v) is 3.44. The molecule has 0 atom stereocenters. The Labute approximate surface area is 83.7 Å². The van der Waals surface area contributed by atoms with Crippen molar-refractivity contribution in [2.24, 2.45) is 0 Å². The van der Waals surface area contributed by atoms with Crippen molar-refractivity contribution in [1.29, 1.82) is 0 Å². The van der Waals surface area contributed by atoms with Gasteiger partial charge in [-0.3, -0.25) is 0 Å². The molecular weight excluding hydrogens is 156 g/mol. The zero-order valence-electron chi connectivity index (χ0n) is 9.26. The Kier molecular flexibility index (Phi) is 11.0. The second-order valence-electron chi connectivity index (χ2n) is 3.44. The van der Waals surface area contributed by atoms with Gasteiger partial charge in [0, 0.05) is 0 Å². The maximum Gasteiger partial charge on any atom is -0.0351 e. The van der Waals surface area contributed by atoms with Crippen molar-refractivity contribution in [2.75, 3.05) is 0 Å². The average molecular weight is 180 g/mol. The molecule has 0 aliphatic heterocycles. The van der Waals surface area contributed by atoms with Crippen LogP contribution in [0.3, 0.4) is 0 Å². The Balaban J connectivity index is 2.95. The van der Waals surface area contributed by atoms with Crippen molar-refractivity contribution in [3.05, 3.63) is 24.3 Å². The van der Waals surface area contributed by atoms with Crippen LogP contribution in [0.2, 0.25) is 0 Å². The van der Waals surface area contributed by atoms with Gasteiger partial charge in [-0.05, 0) is 39.0 Å². The highest BCUT2D eigenvalue weighted by molar-refractivity contribution is 4.80. The minimum atomic E-state index is 1.18. The predicted molar refractivity (Wildman–Crippen MR) is 61.9 cm³/mol. The van der Waals surface area contributed by atoms with E-state index in [4.69, 9.17) is 0 Å². The van der Waals surface area contributed by atoms with E-state index < -0.39 is 0 Å². The van der Waals surface area contributed by atoms with Gasteiger partial charge in [-0.2, -0.15) is 0 Å². The standard InChI is InChI=1S/C13H24/c1-3-5-7-9-11-13-12-10-8-6-4-2/h3,5-6,8H,4,7,9-13H2,1-2H3. The maximum atomic E-state index is 2.31. The fourth-order valence-corrected chi connectivity index (χ4v) is 1.33. The van der Waals surface area contributed by atoms with Gasteiger partial charge < -0.3 is 0 Å². The molecule has 0 saturated carbocycles. The third-order valence-corrected chi connectivity index (χ3v) is 2.13. The Morgan fingerprint density at radius 3 is 1.92 bits per heavy atom. The van der Waals surface area contributed by atoms with Crippen LogP contribution < -0.4 is 0 Å². The van der Waals surface area contributed by atoms with Gasteiger partial charge in [0.1, 0.15) is 0 Å². The van der Waals surface area contributed by atoms with Crippen molar-refractivity contribution in [1.82, 2.24) is 0 Å². The van der Waals surface area contributed by atoms with Crippen molar-refractivity contribution < 1.29 is 0 Å². The van der Waals surface area contributed by atoms with Gasteiger partial charge in [-0.15, -0.1) is 0 Å². The quantitative estimate of drug-likeness (QED) is 0.369. The molecule has 76 valence electrons. The summed E-state index contributed by atoms with van der Waals surface area (Å²) in [5.41, 5.74) is 0. The Bertz CT molecular complexity index is 131. The maximum absolute atomic E-state index is 2.31. The van der Waals surface area contributed by atoms with Crippen molar-refractivity contribution in [3.8, 4) is 0 Å². The van der Waals surface area contributed by atoms with E-state index in [9.17, 15) is 0 Å². The van der Waals surface area contributed by atoms with Crippen LogP contribution in [-0.2, 0) is 0 Å². The molecule has 0 aromatic heterocycles. The molecule has 0 fully saturated rings. The summed E-state index contributed by atoms with van der Waals surface area (Å²) < 4.78 is 0. The molecule has 0 aromatic carbocycles. The fraction of sp³-hybridized carbons (Fsp3) is 0.692. The van der Waals surface area contributed by atoms with Crippen LogP contribution in [0.25, 0.3) is 0 Å². The third-order valence-electron chi connectivity index (χ3n) is 2.13. The van der Waals surface area contributed by atoms with E-state index in [1.54, 1.807) is 0 Å². The van der Waals surface area contributed by atoms with E-state index in [1.165, 1.54) is 44.9 Å². The summed E-state index contributed by atoms with van der Waals surface area (Å²) in [4.78, 5) is 0. The van der Waals surface area contributed by atoms with Crippen LogP contribution in [0.5, 0.6) is 0 Å². The number of rotatable bonds is 8. The van der Waals surface area contributed by atoms with Crippen LogP contribution in [0.4, 0.5) is 0 Å². The molecule has 0 aliphatic rings. The lowest BCUT2D eigenvalue weighted by atomic mass is 10.1. The molecule has 0 saturated heterocycles. The summed E-state index contributed by atoms with van der Waals surface area (Å²) in [6.45, 7) is 4.28. The van der Waals surface area contributed by atoms with Crippen LogP contribution in [0.1, 0.15) is 58.8 Å². The van der Waals surface area contributed by atoms with Gasteiger partial charge in [-0.1, -0.05) is 44.1 Å². The molecule has 0 amide bonds. The van der Waals surface area contributed by atoms with Crippen LogP contribution in [0, 0.1) is 0 Å². The highest BCUT2D eigenvalue weighted by atomic mass is 13.9. The first-order valence-corrected chi connectivity index (χ1v) is 5.68. The van der Waals surface area contributed by atoms with E-state index >= 15 is 0 Å². The number of hydrogen-bond donors (Lipinski definition) is 0. The normalized spacial score (nSPS) is 11.8. The van der Waals surface area contributed by atoms with Crippen molar-refractivity contribution in [2.45, 2.75) is 58.8 Å². The summed E-state index contributed by atoms with van der Waals surface area (Å²) in [6.07, 6.45) is 18.2. The number of unbranched alkanes of at least 4 members (excludes halogenated alkanes) is 5. The number of allylic oxidation sites excluding steroid dienone is 4. The highest BCUT2D eigenvalue weighted by Crippen LogP contribution is 2.06. The van der Waals surface area contributed by atoms with Crippen molar-refractivity contribution >= 4 is 0 Å². The first kappa shape index (κ1) is 12.5. The molecule has 0 aliphatic carbocycles. The topological polar surface area (TPSA) is 0 Å². The highest BCUT2D eigenvalue weighted by Gasteiger charge is 1.86. The zero-order chi connectivity index (χ0) is 9.78. The van der Waals surface area contributed by atoms with Crippen LogP contribution >= 0.6 is 0 Å². The predicted octanol–water partition coefficient (Wildman–Crippen LogP) is 4.87. The Morgan fingerprint density at radius 1 is 0.769 bits per heavy atom. The lowest BCUT2D eigenvalue weighted by Gasteiger charge is -1.96. The molecule has 0 unspecified atom stereocenters. The van der Waals surface area contributed by atoms with Crippen LogP contribution in [-0.4, -0.2) is 0 Å². The summed E-state index contributed by atoms with van der Waals surface area (Å²) in [6, 6.07) is 0. The number of hydrogen-bond acceptors (Lipinski definition) is 0. The summed E-state index contributed by atoms with van der Waals surface area (Å²) in [5.74, 6) is 0. The van der Waals surface area contributed by atoms with E-state index in [0.29, 0.717) is 0 Å². The van der Waals surface area contributed by atoms with Gasteiger partial charge in [-0.25, -0.2) is 0 Å². The molecular formula is C13H24. The smallest absolute Gasteiger partial charge is 0.0351 e. The first-order valence-electron chi connectivity index (χ1n) is 5.68. The van der Waals surface area contributed by atoms with E-state index in [-0.39, 0.29) is 0 Å². The van der Waals surface area contributed by atoms with Gasteiger partial charge in [0.2, 0.25) is 0 Å². The molecule has 0 bridgehead atoms. The summed E-state index contributed by atoms with van der Waals surface area (Å²) in [7, 11) is 0. The minimum Gasteiger partial charge on any atom is -0.0917 e. The van der Waals surface area contributed by atoms with E-state index in [1.807, 2.05) is 0 Å². The molecule has 0 heterocycles. The molecule has 0 N–H and O–H groups in total. The average Bonchev–Trinajstić information content (AvgIpc) is 2.16. The molecule has 0 heteroatoms. The molecule has 0 radical (unpaired) electrons. The van der Waals surface area contributed by atoms with Gasteiger partial charge in [0.05, 0.1) is 0 Å². The molecule has 0 nitrogen and oxygen atoms in total. The minimum absolute atomic E-state index is 1.18. The SMILES string of the molecule is CC=CCCCCCCC=CCC. The van der Waals surface area contributed by atoms with Crippen molar-refractivity contribution in [3.63, 3.8) is 0 Å². The van der Waals surface area contributed by atoms with Crippen LogP contribution in [0.15, 0.2) is 24.3 Å². The van der Waals surface area contributed by atoms with E-state index in [0.717, 1.165) is 0 Å². The third kappa shape index (κ3) is 11.5. The molecule has 13 heavy (non-hydrogen) atoms. The second kappa shape index (κ2) is 11.5. The summed E-state index contributed by atoms with van der Waals surface area (Å²) >= 11 is 0. The van der Waals surface area contributed by atoms with Gasteiger partial charge in [0.25, 0.3) is 0 Å².